The van der Waals surface area contributed by atoms with Crippen molar-refractivity contribution in [2.24, 2.45) is 0 Å². The van der Waals surface area contributed by atoms with E-state index in [2.05, 4.69) is 27.5 Å². The van der Waals surface area contributed by atoms with Crippen LogP contribution in [0, 0.1) is 6.92 Å². The van der Waals surface area contributed by atoms with Crippen LogP contribution in [0.3, 0.4) is 0 Å². The van der Waals surface area contributed by atoms with Gasteiger partial charge in [0.15, 0.2) is 5.82 Å². The lowest BCUT2D eigenvalue weighted by Crippen LogP contribution is -2.10. The van der Waals surface area contributed by atoms with Gasteiger partial charge >= 0.3 is 0 Å². The number of aryl methyl sites for hydroxylation is 2. The minimum atomic E-state index is 0.626. The third-order valence-electron chi connectivity index (χ3n) is 2.12. The van der Waals surface area contributed by atoms with E-state index in [0.29, 0.717) is 6.54 Å². The molecule has 0 saturated carbocycles. The molecule has 0 unspecified atom stereocenters. The summed E-state index contributed by atoms with van der Waals surface area (Å²) in [4.78, 5) is 0. The first-order valence-electron chi connectivity index (χ1n) is 5.04. The molecule has 6 heteroatoms. The van der Waals surface area contributed by atoms with E-state index in [0.717, 1.165) is 24.5 Å². The van der Waals surface area contributed by atoms with Gasteiger partial charge < -0.3 is 0 Å². The van der Waals surface area contributed by atoms with Gasteiger partial charge in [0.05, 0.1) is 5.69 Å². The van der Waals surface area contributed by atoms with Crippen molar-refractivity contribution in [1.82, 2.24) is 30.0 Å². The Labute approximate surface area is 87.9 Å². The van der Waals surface area contributed by atoms with Crippen LogP contribution in [0.15, 0.2) is 12.3 Å². The van der Waals surface area contributed by atoms with Crippen LogP contribution in [-0.4, -0.2) is 30.0 Å². The van der Waals surface area contributed by atoms with Gasteiger partial charge in [0.2, 0.25) is 0 Å². The zero-order valence-electron chi connectivity index (χ0n) is 8.96. The van der Waals surface area contributed by atoms with Gasteiger partial charge in [-0.1, -0.05) is 6.92 Å². The Bertz CT molecular complexity index is 429. The molecule has 0 bridgehead atoms. The third kappa shape index (κ3) is 2.20. The van der Waals surface area contributed by atoms with Crippen LogP contribution in [0.4, 0.5) is 0 Å². The maximum Gasteiger partial charge on any atom is 0.172 e. The first-order chi connectivity index (χ1) is 7.29. The van der Waals surface area contributed by atoms with Crippen LogP contribution < -0.4 is 0 Å². The molecule has 80 valence electrons. The predicted octanol–water partition coefficient (Wildman–Crippen LogP) is 0.636. The monoisotopic (exact) mass is 206 g/mol. The molecule has 6 nitrogen and oxygen atoms in total. The first-order valence-corrected chi connectivity index (χ1v) is 5.04. The standard InChI is InChI=1S/C9H14N6/c1-3-5-15-9(10-12-13-15)7-14-6-4-8(2)11-14/h4,6H,3,5,7H2,1-2H3. The molecular weight excluding hydrogens is 192 g/mol. The van der Waals surface area contributed by atoms with Gasteiger partial charge in [-0.2, -0.15) is 5.10 Å². The van der Waals surface area contributed by atoms with Crippen LogP contribution in [0.2, 0.25) is 0 Å². The Balaban J connectivity index is 2.13. The second kappa shape index (κ2) is 4.20. The number of rotatable bonds is 4. The molecule has 2 aromatic heterocycles. The lowest BCUT2D eigenvalue weighted by atomic mass is 10.5. The molecule has 0 spiro atoms. The van der Waals surface area contributed by atoms with Gasteiger partial charge in [-0.05, 0) is 29.8 Å². The second-order valence-electron chi connectivity index (χ2n) is 3.47. The fraction of sp³-hybridized carbons (Fsp3) is 0.556. The molecule has 0 aliphatic carbocycles. The molecule has 0 radical (unpaired) electrons. The van der Waals surface area contributed by atoms with Gasteiger partial charge in [-0.15, -0.1) is 5.10 Å². The van der Waals surface area contributed by atoms with E-state index in [1.54, 1.807) is 0 Å². The summed E-state index contributed by atoms with van der Waals surface area (Å²) in [6.07, 6.45) is 2.95. The van der Waals surface area contributed by atoms with Crippen molar-refractivity contribution in [3.63, 3.8) is 0 Å². The number of hydrogen-bond acceptors (Lipinski definition) is 4. The third-order valence-corrected chi connectivity index (χ3v) is 2.12. The summed E-state index contributed by atoms with van der Waals surface area (Å²) < 4.78 is 3.66. The second-order valence-corrected chi connectivity index (χ2v) is 3.47. The molecule has 0 aliphatic rings. The Morgan fingerprint density at radius 1 is 1.40 bits per heavy atom. The average molecular weight is 206 g/mol. The number of tetrazole rings is 1. The minimum Gasteiger partial charge on any atom is -0.265 e. The van der Waals surface area contributed by atoms with Crippen LogP contribution in [0.1, 0.15) is 24.9 Å². The van der Waals surface area contributed by atoms with Crippen molar-refractivity contribution in [1.29, 1.82) is 0 Å². The zero-order valence-corrected chi connectivity index (χ0v) is 8.96. The Morgan fingerprint density at radius 2 is 2.27 bits per heavy atom. The number of nitrogens with zero attached hydrogens (tertiary/aromatic N) is 6. The molecule has 2 rings (SSSR count). The topological polar surface area (TPSA) is 61.4 Å². The fourth-order valence-electron chi connectivity index (χ4n) is 1.42. The summed E-state index contributed by atoms with van der Waals surface area (Å²) in [6, 6.07) is 1.97. The summed E-state index contributed by atoms with van der Waals surface area (Å²) in [5.41, 5.74) is 1.00. The van der Waals surface area contributed by atoms with E-state index < -0.39 is 0 Å². The van der Waals surface area contributed by atoms with Crippen molar-refractivity contribution in [3.8, 4) is 0 Å². The van der Waals surface area contributed by atoms with E-state index in [1.807, 2.05) is 28.6 Å². The first kappa shape index (κ1) is 9.82. The van der Waals surface area contributed by atoms with Gasteiger partial charge in [0, 0.05) is 12.7 Å². The van der Waals surface area contributed by atoms with Gasteiger partial charge in [0.1, 0.15) is 6.54 Å². The summed E-state index contributed by atoms with van der Waals surface area (Å²) in [6.45, 7) is 5.54. The van der Waals surface area contributed by atoms with Crippen molar-refractivity contribution in [3.05, 3.63) is 23.8 Å². The van der Waals surface area contributed by atoms with Crippen molar-refractivity contribution >= 4 is 0 Å². The Kier molecular flexibility index (Phi) is 2.75. The molecule has 0 saturated heterocycles. The van der Waals surface area contributed by atoms with Crippen LogP contribution in [0.25, 0.3) is 0 Å². The van der Waals surface area contributed by atoms with Crippen LogP contribution >= 0.6 is 0 Å². The molecule has 0 amide bonds. The highest BCUT2D eigenvalue weighted by Crippen LogP contribution is 1.99. The highest BCUT2D eigenvalue weighted by atomic mass is 15.5. The molecule has 2 heterocycles. The van der Waals surface area contributed by atoms with E-state index in [-0.39, 0.29) is 0 Å². The molecule has 0 N–H and O–H groups in total. The highest BCUT2D eigenvalue weighted by Gasteiger charge is 2.06. The van der Waals surface area contributed by atoms with Crippen molar-refractivity contribution in [2.45, 2.75) is 33.4 Å². The largest absolute Gasteiger partial charge is 0.265 e. The number of hydrogen-bond donors (Lipinski definition) is 0. The SMILES string of the molecule is CCCn1nnnc1Cn1ccc(C)n1. The Hall–Kier alpha value is -1.72. The summed E-state index contributed by atoms with van der Waals surface area (Å²) in [7, 11) is 0. The van der Waals surface area contributed by atoms with Crippen LogP contribution in [0.5, 0.6) is 0 Å². The summed E-state index contributed by atoms with van der Waals surface area (Å²) >= 11 is 0. The van der Waals surface area contributed by atoms with Gasteiger partial charge in [-0.3, -0.25) is 4.68 Å². The molecule has 0 aromatic carbocycles. The molecule has 0 aliphatic heterocycles. The van der Waals surface area contributed by atoms with E-state index in [4.69, 9.17) is 0 Å². The lowest BCUT2D eigenvalue weighted by molar-refractivity contribution is 0.531. The quantitative estimate of drug-likeness (QED) is 0.736. The van der Waals surface area contributed by atoms with Crippen LogP contribution in [-0.2, 0) is 13.1 Å². The molecule has 0 fully saturated rings. The Morgan fingerprint density at radius 3 is 2.93 bits per heavy atom. The minimum absolute atomic E-state index is 0.626. The van der Waals surface area contributed by atoms with Gasteiger partial charge in [0.25, 0.3) is 0 Å². The lowest BCUT2D eigenvalue weighted by Gasteiger charge is -2.02. The van der Waals surface area contributed by atoms with E-state index >= 15 is 0 Å². The maximum atomic E-state index is 4.29. The normalized spacial score (nSPS) is 10.8. The highest BCUT2D eigenvalue weighted by molar-refractivity contribution is 4.96. The van der Waals surface area contributed by atoms with Gasteiger partial charge in [-0.25, -0.2) is 4.68 Å². The zero-order chi connectivity index (χ0) is 10.7. The molecule has 2 aromatic rings. The summed E-state index contributed by atoms with van der Waals surface area (Å²) in [5, 5.41) is 15.9. The molecule has 15 heavy (non-hydrogen) atoms. The number of aromatic nitrogens is 6. The van der Waals surface area contributed by atoms with E-state index in [1.165, 1.54) is 0 Å². The smallest absolute Gasteiger partial charge is 0.172 e. The average Bonchev–Trinajstić information content (AvgIpc) is 2.78. The molecule has 0 atom stereocenters. The van der Waals surface area contributed by atoms with Crippen molar-refractivity contribution in [2.75, 3.05) is 0 Å². The fourth-order valence-corrected chi connectivity index (χ4v) is 1.42. The molecular formula is C9H14N6. The summed E-state index contributed by atoms with van der Waals surface area (Å²) in [5.74, 6) is 0.847. The van der Waals surface area contributed by atoms with Crippen molar-refractivity contribution < 1.29 is 0 Å². The van der Waals surface area contributed by atoms with E-state index in [9.17, 15) is 0 Å². The maximum absolute atomic E-state index is 4.29. The predicted molar refractivity (Wildman–Crippen MR) is 54.2 cm³/mol.